The first-order valence-corrected chi connectivity index (χ1v) is 13.8. The Morgan fingerprint density at radius 2 is 2.03 bits per heavy atom. The molecular weight excluding hydrogens is 498 g/mol. The third-order valence-corrected chi connectivity index (χ3v) is 7.74. The lowest BCUT2D eigenvalue weighted by atomic mass is 10.1. The van der Waals surface area contributed by atoms with Crippen LogP contribution >= 0.6 is 11.3 Å². The number of nitrogens with zero attached hydrogens (tertiary/aromatic N) is 2. The second-order valence-corrected chi connectivity index (χ2v) is 10.9. The van der Waals surface area contributed by atoms with Gasteiger partial charge in [-0.3, -0.25) is 14.4 Å². The van der Waals surface area contributed by atoms with Crippen LogP contribution in [0.1, 0.15) is 60.3 Å². The van der Waals surface area contributed by atoms with E-state index in [4.69, 9.17) is 5.73 Å². The molecule has 4 N–H and O–H groups in total. The molecule has 3 heterocycles. The summed E-state index contributed by atoms with van der Waals surface area (Å²) < 4.78 is 0. The number of amides is 3. The molecule has 38 heavy (non-hydrogen) atoms. The number of aryl methyl sites for hydroxylation is 1. The molecule has 1 saturated heterocycles. The van der Waals surface area contributed by atoms with E-state index >= 15 is 0 Å². The third-order valence-electron chi connectivity index (χ3n) is 6.77. The van der Waals surface area contributed by atoms with Crippen molar-refractivity contribution in [1.29, 1.82) is 0 Å². The number of hydrogen-bond donors (Lipinski definition) is 3. The number of likely N-dealkylation sites (tertiary alicyclic amines) is 1. The van der Waals surface area contributed by atoms with Crippen molar-refractivity contribution in [2.45, 2.75) is 59.2 Å². The summed E-state index contributed by atoms with van der Waals surface area (Å²) in [5.74, 6) is 0.306. The lowest BCUT2D eigenvalue weighted by Crippen LogP contribution is -2.46. The van der Waals surface area contributed by atoms with Gasteiger partial charge in [0.15, 0.2) is 0 Å². The third kappa shape index (κ3) is 6.39. The summed E-state index contributed by atoms with van der Waals surface area (Å²) in [5.41, 5.74) is 13.5. The second-order valence-electron chi connectivity index (χ2n) is 10.1. The number of benzene rings is 2. The van der Waals surface area contributed by atoms with Crippen LogP contribution in [0.4, 0.5) is 5.69 Å². The van der Waals surface area contributed by atoms with Crippen molar-refractivity contribution in [3.05, 3.63) is 70.4 Å². The Balaban J connectivity index is 0.000000278. The van der Waals surface area contributed by atoms with E-state index in [-0.39, 0.29) is 29.7 Å². The number of carbonyl (C=O) groups excluding carboxylic acids is 3. The number of nitrogens with two attached hydrogens (primary N) is 1. The summed E-state index contributed by atoms with van der Waals surface area (Å²) in [4.78, 5) is 43.1. The van der Waals surface area contributed by atoms with Gasteiger partial charge < -0.3 is 21.3 Å². The van der Waals surface area contributed by atoms with Gasteiger partial charge in [-0.05, 0) is 54.5 Å². The van der Waals surface area contributed by atoms with Crippen molar-refractivity contribution in [3.8, 4) is 10.4 Å². The summed E-state index contributed by atoms with van der Waals surface area (Å²) >= 11 is 1.59. The fourth-order valence-corrected chi connectivity index (χ4v) is 5.55. The molecule has 0 aliphatic carbocycles. The number of rotatable bonds is 6. The summed E-state index contributed by atoms with van der Waals surface area (Å²) in [7, 11) is 0. The smallest absolute Gasteiger partial charge is 0.251 e. The fourth-order valence-electron chi connectivity index (χ4n) is 4.75. The Morgan fingerprint density at radius 1 is 1.24 bits per heavy atom. The molecule has 5 rings (SSSR count). The number of nitrogens with one attached hydrogen (secondary N) is 2. The van der Waals surface area contributed by atoms with Crippen molar-refractivity contribution in [2.24, 2.45) is 5.92 Å². The van der Waals surface area contributed by atoms with Crippen LogP contribution in [0.25, 0.3) is 10.4 Å². The number of thiazole rings is 1. The predicted molar refractivity (Wildman–Crippen MR) is 150 cm³/mol. The van der Waals surface area contributed by atoms with Crippen molar-refractivity contribution >= 4 is 34.7 Å². The molecule has 8 nitrogen and oxygen atoms in total. The minimum absolute atomic E-state index is 0.0515. The first-order valence-electron chi connectivity index (χ1n) is 13.0. The lowest BCUT2D eigenvalue weighted by molar-refractivity contribution is -0.139. The van der Waals surface area contributed by atoms with Gasteiger partial charge in [0.25, 0.3) is 5.91 Å². The average Bonchev–Trinajstić information content (AvgIpc) is 3.64. The summed E-state index contributed by atoms with van der Waals surface area (Å²) in [6, 6.07) is 13.1. The maximum Gasteiger partial charge on any atom is 0.251 e. The van der Waals surface area contributed by atoms with Crippen LogP contribution in [0.2, 0.25) is 0 Å². The maximum atomic E-state index is 12.7. The number of aromatic nitrogens is 1. The largest absolute Gasteiger partial charge is 0.398 e. The first-order chi connectivity index (χ1) is 18.2. The van der Waals surface area contributed by atoms with Crippen LogP contribution in [0.5, 0.6) is 0 Å². The van der Waals surface area contributed by atoms with Gasteiger partial charge in [0, 0.05) is 37.3 Å². The zero-order valence-electron chi connectivity index (χ0n) is 22.1. The average molecular weight is 534 g/mol. The van der Waals surface area contributed by atoms with Gasteiger partial charge in [0.05, 0.1) is 16.1 Å². The summed E-state index contributed by atoms with van der Waals surface area (Å²) in [6.45, 7) is 7.72. The summed E-state index contributed by atoms with van der Waals surface area (Å²) in [6.07, 6.45) is 2.07. The van der Waals surface area contributed by atoms with E-state index in [2.05, 4.69) is 15.6 Å². The Bertz CT molecular complexity index is 1320. The lowest BCUT2D eigenvalue weighted by Gasteiger charge is -2.25. The number of nitrogen functional groups attached to an aromatic ring is 1. The highest BCUT2D eigenvalue weighted by Crippen LogP contribution is 2.30. The van der Waals surface area contributed by atoms with Gasteiger partial charge in [-0.2, -0.15) is 0 Å². The standard InChI is InChI=1S/C21H28N4O2S.C8H7NO/c1-13(2)9-19(26)25-8-4-5-18(25)21(27)23-11-16-7-6-15(10-17(16)22)20-14(3)24-12-28-20;10-8-7-4-2-1-3-6(7)5-9-8/h6-7,10,12-13,18H,4-5,8-9,11,22H2,1-3H3,(H,23,27);1-4H,5H2,(H,9,10). The maximum absolute atomic E-state index is 12.7. The van der Waals surface area contributed by atoms with Gasteiger partial charge in [-0.25, -0.2) is 4.98 Å². The minimum atomic E-state index is -0.369. The Labute approximate surface area is 227 Å². The van der Waals surface area contributed by atoms with Crippen molar-refractivity contribution < 1.29 is 14.4 Å². The topological polar surface area (TPSA) is 117 Å². The van der Waals surface area contributed by atoms with Crippen LogP contribution < -0.4 is 16.4 Å². The molecule has 2 aliphatic rings. The van der Waals surface area contributed by atoms with E-state index in [1.54, 1.807) is 16.2 Å². The van der Waals surface area contributed by atoms with Crippen LogP contribution in [-0.4, -0.2) is 40.2 Å². The molecular formula is C29H35N5O3S. The molecule has 2 aromatic carbocycles. The molecule has 2 aliphatic heterocycles. The molecule has 0 saturated carbocycles. The molecule has 0 radical (unpaired) electrons. The van der Waals surface area contributed by atoms with E-state index in [0.29, 0.717) is 31.7 Å². The Kier molecular flexibility index (Phi) is 8.78. The van der Waals surface area contributed by atoms with Crippen LogP contribution in [-0.2, 0) is 22.7 Å². The van der Waals surface area contributed by atoms with Crippen molar-refractivity contribution in [2.75, 3.05) is 12.3 Å². The highest BCUT2D eigenvalue weighted by molar-refractivity contribution is 7.13. The molecule has 3 amide bonds. The van der Waals surface area contributed by atoms with E-state index in [0.717, 1.165) is 45.7 Å². The Morgan fingerprint density at radius 3 is 2.71 bits per heavy atom. The normalized spacial score (nSPS) is 16.1. The van der Waals surface area contributed by atoms with Gasteiger partial charge >= 0.3 is 0 Å². The van der Waals surface area contributed by atoms with Gasteiger partial charge in [-0.1, -0.05) is 44.2 Å². The van der Waals surface area contributed by atoms with E-state index in [9.17, 15) is 14.4 Å². The quantitative estimate of drug-likeness (QED) is 0.409. The van der Waals surface area contributed by atoms with Gasteiger partial charge in [0.1, 0.15) is 6.04 Å². The second kappa shape index (κ2) is 12.2. The number of fused-ring (bicyclic) bond motifs is 1. The minimum Gasteiger partial charge on any atom is -0.398 e. The van der Waals surface area contributed by atoms with Crippen LogP contribution in [0.3, 0.4) is 0 Å². The van der Waals surface area contributed by atoms with Gasteiger partial charge in [0.2, 0.25) is 11.8 Å². The molecule has 3 aromatic rings. The molecule has 0 bridgehead atoms. The van der Waals surface area contributed by atoms with E-state index in [1.807, 2.05) is 68.7 Å². The van der Waals surface area contributed by atoms with E-state index < -0.39 is 0 Å². The molecule has 1 fully saturated rings. The van der Waals surface area contributed by atoms with Crippen molar-refractivity contribution in [1.82, 2.24) is 20.5 Å². The number of carbonyl (C=O) groups is 3. The molecule has 0 spiro atoms. The molecule has 1 aromatic heterocycles. The Hall–Kier alpha value is -3.72. The van der Waals surface area contributed by atoms with Crippen LogP contribution in [0, 0.1) is 12.8 Å². The van der Waals surface area contributed by atoms with Crippen LogP contribution in [0.15, 0.2) is 48.0 Å². The SMILES string of the molecule is Cc1ncsc1-c1ccc(CNC(=O)C2CCCN2C(=O)CC(C)C)c(N)c1.O=C1NCc2ccccc21. The number of hydrogen-bond acceptors (Lipinski definition) is 6. The highest BCUT2D eigenvalue weighted by atomic mass is 32.1. The first kappa shape index (κ1) is 27.3. The number of anilines is 1. The summed E-state index contributed by atoms with van der Waals surface area (Å²) in [5, 5.41) is 5.71. The molecule has 1 unspecified atom stereocenters. The zero-order valence-corrected chi connectivity index (χ0v) is 22.9. The van der Waals surface area contributed by atoms with Gasteiger partial charge in [-0.15, -0.1) is 11.3 Å². The monoisotopic (exact) mass is 533 g/mol. The molecule has 1 atom stereocenters. The highest BCUT2D eigenvalue weighted by Gasteiger charge is 2.33. The molecule has 200 valence electrons. The zero-order chi connectivity index (χ0) is 27.2. The fraction of sp³-hybridized carbons (Fsp3) is 0.379. The predicted octanol–water partition coefficient (Wildman–Crippen LogP) is 4.28. The van der Waals surface area contributed by atoms with Crippen molar-refractivity contribution in [3.63, 3.8) is 0 Å². The van der Waals surface area contributed by atoms with E-state index in [1.165, 1.54) is 0 Å². The molecule has 9 heteroatoms.